The fraction of sp³-hybridized carbons (Fsp3) is 0.286. The number of rotatable bonds is 4. The number of thioether (sulfide) groups is 1. The molecule has 0 radical (unpaired) electrons. The summed E-state index contributed by atoms with van der Waals surface area (Å²) < 4.78 is 0. The molecule has 4 heterocycles. The minimum atomic E-state index is -0.649. The van der Waals surface area contributed by atoms with E-state index in [0.717, 1.165) is 46.8 Å². The Labute approximate surface area is 167 Å². The zero-order valence-corrected chi connectivity index (χ0v) is 16.1. The Hall–Kier alpha value is -2.48. The molecule has 142 valence electrons. The average Bonchev–Trinajstić information content (AvgIpc) is 3.37. The number of pyridine rings is 2. The van der Waals surface area contributed by atoms with Gasteiger partial charge in [-0.1, -0.05) is 24.3 Å². The molecular weight excluding hydrogens is 370 g/mol. The van der Waals surface area contributed by atoms with Gasteiger partial charge in [0.05, 0.1) is 11.7 Å². The second kappa shape index (κ2) is 7.50. The number of hydrogen-bond donors (Lipinski definition) is 2. The van der Waals surface area contributed by atoms with Crippen molar-refractivity contribution in [3.8, 4) is 0 Å². The molecule has 6 nitrogen and oxygen atoms in total. The van der Waals surface area contributed by atoms with Crippen LogP contribution >= 0.6 is 11.8 Å². The standard InChI is InChI=1S/C21H21N5OS/c27-21-25-24-20(28-21)16-7-5-14(6-8-16)13-26-12-2-4-18(26)17-10-9-15-3-1-11-22-19(15)23-17/h1,3,5-11,18,21,25,27H,2,4,12-13H2. The molecule has 0 amide bonds. The molecule has 2 N–H and O–H groups in total. The molecule has 1 saturated heterocycles. The molecule has 1 aromatic carbocycles. The van der Waals surface area contributed by atoms with E-state index in [1.807, 2.05) is 6.07 Å². The molecule has 0 bridgehead atoms. The van der Waals surface area contributed by atoms with Gasteiger partial charge in [0, 0.05) is 23.7 Å². The first-order valence-corrected chi connectivity index (χ1v) is 10.4. The third-order valence-corrected chi connectivity index (χ3v) is 6.16. The average molecular weight is 392 g/mol. The van der Waals surface area contributed by atoms with Gasteiger partial charge in [-0.2, -0.15) is 5.10 Å². The summed E-state index contributed by atoms with van der Waals surface area (Å²) in [6.07, 6.45) is 4.11. The van der Waals surface area contributed by atoms with E-state index in [0.29, 0.717) is 6.04 Å². The summed E-state index contributed by atoms with van der Waals surface area (Å²) in [5.41, 5.74) is 6.24. The second-order valence-electron chi connectivity index (χ2n) is 7.13. The number of aliphatic hydroxyl groups is 1. The number of aromatic nitrogens is 2. The zero-order valence-electron chi connectivity index (χ0n) is 15.3. The predicted octanol–water partition coefficient (Wildman–Crippen LogP) is 3.24. The van der Waals surface area contributed by atoms with Crippen molar-refractivity contribution in [3.05, 3.63) is 71.5 Å². The first-order valence-electron chi connectivity index (χ1n) is 9.49. The van der Waals surface area contributed by atoms with E-state index in [1.165, 1.54) is 23.7 Å². The third kappa shape index (κ3) is 3.48. The summed E-state index contributed by atoms with van der Waals surface area (Å²) in [6, 6.07) is 17.0. The van der Waals surface area contributed by atoms with Gasteiger partial charge in [0.25, 0.3) is 0 Å². The first-order chi connectivity index (χ1) is 13.8. The molecule has 28 heavy (non-hydrogen) atoms. The summed E-state index contributed by atoms with van der Waals surface area (Å²) in [7, 11) is 0. The predicted molar refractivity (Wildman–Crippen MR) is 112 cm³/mol. The highest BCUT2D eigenvalue weighted by molar-refractivity contribution is 8.15. The van der Waals surface area contributed by atoms with Crippen molar-refractivity contribution in [1.82, 2.24) is 20.3 Å². The second-order valence-corrected chi connectivity index (χ2v) is 8.20. The SMILES string of the molecule is OC1NN=C(c2ccc(CN3CCCC3c3ccc4cccnc4n3)cc2)S1. The van der Waals surface area contributed by atoms with Gasteiger partial charge in [-0.05, 0) is 61.0 Å². The van der Waals surface area contributed by atoms with E-state index < -0.39 is 5.56 Å². The maximum atomic E-state index is 9.53. The van der Waals surface area contributed by atoms with E-state index in [9.17, 15) is 5.11 Å². The van der Waals surface area contributed by atoms with Gasteiger partial charge >= 0.3 is 0 Å². The van der Waals surface area contributed by atoms with Crippen LogP contribution in [0.15, 0.2) is 59.8 Å². The molecule has 0 saturated carbocycles. The van der Waals surface area contributed by atoms with Gasteiger partial charge in [0.1, 0.15) is 5.04 Å². The number of nitrogens with one attached hydrogen (secondary N) is 1. The lowest BCUT2D eigenvalue weighted by atomic mass is 10.1. The van der Waals surface area contributed by atoms with Crippen LogP contribution in [0.25, 0.3) is 11.0 Å². The lowest BCUT2D eigenvalue weighted by Gasteiger charge is -2.24. The van der Waals surface area contributed by atoms with E-state index >= 15 is 0 Å². The number of hydrazone groups is 1. The van der Waals surface area contributed by atoms with Crippen LogP contribution in [0.3, 0.4) is 0 Å². The maximum Gasteiger partial charge on any atom is 0.194 e. The van der Waals surface area contributed by atoms with E-state index in [1.54, 1.807) is 6.20 Å². The van der Waals surface area contributed by atoms with E-state index in [2.05, 4.69) is 62.9 Å². The number of likely N-dealkylation sites (tertiary alicyclic amines) is 1. The quantitative estimate of drug-likeness (QED) is 0.711. The molecule has 7 heteroatoms. The number of benzene rings is 1. The Morgan fingerprint density at radius 2 is 2.04 bits per heavy atom. The molecular formula is C21H21N5OS. The Kier molecular flexibility index (Phi) is 4.72. The van der Waals surface area contributed by atoms with Crippen molar-refractivity contribution in [2.75, 3.05) is 6.54 Å². The summed E-state index contributed by atoms with van der Waals surface area (Å²) in [5.74, 6) is 0. The molecule has 1 fully saturated rings. The molecule has 2 aromatic heterocycles. The van der Waals surface area contributed by atoms with Gasteiger partial charge in [-0.15, -0.1) is 0 Å². The lowest BCUT2D eigenvalue weighted by Crippen LogP contribution is -2.23. The lowest BCUT2D eigenvalue weighted by molar-refractivity contribution is 0.232. The molecule has 5 rings (SSSR count). The Balaban J connectivity index is 1.32. The minimum absolute atomic E-state index is 0.334. The third-order valence-electron chi connectivity index (χ3n) is 5.28. The molecule has 2 atom stereocenters. The highest BCUT2D eigenvalue weighted by atomic mass is 32.2. The number of fused-ring (bicyclic) bond motifs is 1. The van der Waals surface area contributed by atoms with Crippen LogP contribution in [-0.4, -0.2) is 37.1 Å². The minimum Gasteiger partial charge on any atom is -0.363 e. The molecule has 2 aliphatic rings. The number of hydrogen-bond acceptors (Lipinski definition) is 7. The van der Waals surface area contributed by atoms with Crippen LogP contribution in [0.1, 0.15) is 35.7 Å². The smallest absolute Gasteiger partial charge is 0.194 e. The Morgan fingerprint density at radius 1 is 1.14 bits per heavy atom. The van der Waals surface area contributed by atoms with Crippen molar-refractivity contribution in [2.24, 2.45) is 5.10 Å². The highest BCUT2D eigenvalue weighted by Gasteiger charge is 2.27. The van der Waals surface area contributed by atoms with Crippen LogP contribution in [0, 0.1) is 0 Å². The Morgan fingerprint density at radius 3 is 2.86 bits per heavy atom. The van der Waals surface area contributed by atoms with Crippen LogP contribution in [0.5, 0.6) is 0 Å². The van der Waals surface area contributed by atoms with Crippen molar-refractivity contribution in [2.45, 2.75) is 31.0 Å². The fourth-order valence-electron chi connectivity index (χ4n) is 3.90. The van der Waals surface area contributed by atoms with E-state index in [4.69, 9.17) is 4.98 Å². The zero-order chi connectivity index (χ0) is 18.9. The monoisotopic (exact) mass is 391 g/mol. The van der Waals surface area contributed by atoms with Crippen LogP contribution in [-0.2, 0) is 6.54 Å². The van der Waals surface area contributed by atoms with Crippen molar-refractivity contribution < 1.29 is 5.11 Å². The summed E-state index contributed by atoms with van der Waals surface area (Å²) in [6.45, 7) is 1.97. The molecule has 2 aliphatic heterocycles. The van der Waals surface area contributed by atoms with Gasteiger partial charge in [0.15, 0.2) is 11.2 Å². The fourth-order valence-corrected chi connectivity index (χ4v) is 4.59. The Bertz CT molecular complexity index is 1020. The van der Waals surface area contributed by atoms with Crippen LogP contribution < -0.4 is 5.43 Å². The molecule has 0 spiro atoms. The van der Waals surface area contributed by atoms with Crippen molar-refractivity contribution in [3.63, 3.8) is 0 Å². The summed E-state index contributed by atoms with van der Waals surface area (Å²) >= 11 is 1.33. The van der Waals surface area contributed by atoms with Gasteiger partial charge in [-0.25, -0.2) is 9.97 Å². The molecule has 3 aromatic rings. The topological polar surface area (TPSA) is 73.6 Å². The van der Waals surface area contributed by atoms with Crippen LogP contribution in [0.2, 0.25) is 0 Å². The van der Waals surface area contributed by atoms with E-state index in [-0.39, 0.29) is 0 Å². The normalized spacial score (nSPS) is 22.4. The number of aliphatic hydroxyl groups excluding tert-OH is 1. The largest absolute Gasteiger partial charge is 0.363 e. The van der Waals surface area contributed by atoms with Gasteiger partial charge in [-0.3, -0.25) is 10.3 Å². The van der Waals surface area contributed by atoms with Crippen molar-refractivity contribution in [1.29, 1.82) is 0 Å². The first kappa shape index (κ1) is 17.6. The van der Waals surface area contributed by atoms with Crippen LogP contribution in [0.4, 0.5) is 0 Å². The van der Waals surface area contributed by atoms with Gasteiger partial charge in [0.2, 0.25) is 0 Å². The molecule has 2 unspecified atom stereocenters. The van der Waals surface area contributed by atoms with Gasteiger partial charge < -0.3 is 5.11 Å². The number of nitrogens with zero attached hydrogens (tertiary/aromatic N) is 4. The van der Waals surface area contributed by atoms with Crippen molar-refractivity contribution >= 4 is 27.8 Å². The maximum absolute atomic E-state index is 9.53. The summed E-state index contributed by atoms with van der Waals surface area (Å²) in [4.78, 5) is 11.7. The highest BCUT2D eigenvalue weighted by Crippen LogP contribution is 2.33. The molecule has 0 aliphatic carbocycles. The summed E-state index contributed by atoms with van der Waals surface area (Å²) in [5, 5.41) is 15.6.